The summed E-state index contributed by atoms with van der Waals surface area (Å²) >= 11 is 0. The van der Waals surface area contributed by atoms with Crippen LogP contribution in [-0.4, -0.2) is 14.3 Å². The highest BCUT2D eigenvalue weighted by Gasteiger charge is 2.16. The van der Waals surface area contributed by atoms with E-state index in [1.165, 1.54) is 30.3 Å². The first-order valence-electron chi connectivity index (χ1n) is 6.84. The van der Waals surface area contributed by atoms with Crippen molar-refractivity contribution >= 4 is 22.1 Å². The third-order valence-corrected chi connectivity index (χ3v) is 4.33. The minimum atomic E-state index is -3.97. The second-order valence-electron chi connectivity index (χ2n) is 4.96. The monoisotopic (exact) mass is 342 g/mol. The van der Waals surface area contributed by atoms with E-state index >= 15 is 0 Å². The molecule has 0 aliphatic heterocycles. The number of carbonyl (C=O) groups is 1. The van der Waals surface area contributed by atoms with Crippen molar-refractivity contribution in [2.24, 2.45) is 5.73 Å². The third-order valence-electron chi connectivity index (χ3n) is 3.07. The molecular weight excluding hydrogens is 328 g/mol. The van der Waals surface area contributed by atoms with E-state index in [2.05, 4.69) is 0 Å². The van der Waals surface area contributed by atoms with Crippen molar-refractivity contribution in [3.05, 3.63) is 65.2 Å². The summed E-state index contributed by atoms with van der Waals surface area (Å²) in [6.07, 6.45) is 1.26. The average Bonchev–Trinajstić information content (AvgIpc) is 2.52. The molecule has 2 aromatic carbocycles. The van der Waals surface area contributed by atoms with Gasteiger partial charge < -0.3 is 9.92 Å². The van der Waals surface area contributed by atoms with Crippen LogP contribution in [0.3, 0.4) is 0 Å². The predicted molar refractivity (Wildman–Crippen MR) is 88.2 cm³/mol. The first kappa shape index (κ1) is 17.2. The normalized spacial score (nSPS) is 11.6. The summed E-state index contributed by atoms with van der Waals surface area (Å²) in [5.41, 5.74) is 6.17. The molecule has 0 saturated heterocycles. The molecule has 0 aromatic heterocycles. The molecule has 122 valence electrons. The van der Waals surface area contributed by atoms with Gasteiger partial charge in [0.2, 0.25) is 0 Å². The Labute approximate surface area is 139 Å². The van der Waals surface area contributed by atoms with Gasteiger partial charge in [-0.05, 0) is 42.8 Å². The van der Waals surface area contributed by atoms with Gasteiger partial charge in [0, 0.05) is 0 Å². The zero-order valence-corrected chi connectivity index (χ0v) is 13.6. The Hall–Kier alpha value is -3.11. The molecule has 0 radical (unpaired) electrons. The highest BCUT2D eigenvalue weighted by Crippen LogP contribution is 2.21. The predicted octanol–water partition coefficient (Wildman–Crippen LogP) is 2.16. The average molecular weight is 342 g/mol. The summed E-state index contributed by atoms with van der Waals surface area (Å²) in [5, 5.41) is 8.84. The van der Waals surface area contributed by atoms with E-state index in [1.54, 1.807) is 30.3 Å². The van der Waals surface area contributed by atoms with Gasteiger partial charge in [0.15, 0.2) is 0 Å². The first-order valence-corrected chi connectivity index (χ1v) is 8.25. The molecule has 0 spiro atoms. The lowest BCUT2D eigenvalue weighted by Gasteiger charge is -2.08. The second-order valence-corrected chi connectivity index (χ2v) is 6.50. The molecule has 0 heterocycles. The Bertz CT molecular complexity index is 939. The number of hydrogen-bond acceptors (Lipinski definition) is 5. The number of nitrogens with two attached hydrogens (primary N) is 1. The summed E-state index contributed by atoms with van der Waals surface area (Å²) in [6.45, 7) is 1.85. The molecular formula is C17H14N2O4S. The summed E-state index contributed by atoms with van der Waals surface area (Å²) in [4.78, 5) is 11.1. The van der Waals surface area contributed by atoms with Gasteiger partial charge in [-0.1, -0.05) is 29.8 Å². The lowest BCUT2D eigenvalue weighted by molar-refractivity contribution is -0.114. The molecule has 24 heavy (non-hydrogen) atoms. The molecule has 1 amide bonds. The fraction of sp³-hybridized carbons (Fsp3) is 0.0588. The number of benzene rings is 2. The zero-order valence-electron chi connectivity index (χ0n) is 12.8. The maximum atomic E-state index is 12.2. The van der Waals surface area contributed by atoms with E-state index < -0.39 is 16.0 Å². The molecule has 0 bridgehead atoms. The van der Waals surface area contributed by atoms with Crippen LogP contribution in [0.15, 0.2) is 59.0 Å². The number of primary amides is 1. The first-order chi connectivity index (χ1) is 11.3. The van der Waals surface area contributed by atoms with E-state index in [1.807, 2.05) is 6.92 Å². The van der Waals surface area contributed by atoms with Gasteiger partial charge in [-0.2, -0.15) is 13.7 Å². The Balaban J connectivity index is 2.31. The number of nitriles is 1. The number of nitrogens with zero attached hydrogens (tertiary/aromatic N) is 1. The van der Waals surface area contributed by atoms with Crippen LogP contribution in [0.2, 0.25) is 0 Å². The molecule has 0 unspecified atom stereocenters. The fourth-order valence-corrected chi connectivity index (χ4v) is 2.78. The fourth-order valence-electron chi connectivity index (χ4n) is 1.86. The maximum Gasteiger partial charge on any atom is 0.339 e. The van der Waals surface area contributed by atoms with Crippen molar-refractivity contribution in [1.82, 2.24) is 0 Å². The third kappa shape index (κ3) is 4.21. The van der Waals surface area contributed by atoms with Gasteiger partial charge in [0.25, 0.3) is 5.91 Å². The minimum Gasteiger partial charge on any atom is -0.379 e. The summed E-state index contributed by atoms with van der Waals surface area (Å²) < 4.78 is 29.6. The molecule has 2 aromatic rings. The second kappa shape index (κ2) is 6.98. The number of carbonyl (C=O) groups excluding carboxylic acids is 1. The Morgan fingerprint density at radius 1 is 1.21 bits per heavy atom. The summed E-state index contributed by atoms with van der Waals surface area (Å²) in [6, 6.07) is 13.9. The SMILES string of the molecule is Cc1ccc(S(=O)(=O)Oc2cccc(/C=C(\C#N)C(N)=O)c2)cc1. The van der Waals surface area contributed by atoms with Crippen LogP contribution in [0.25, 0.3) is 6.08 Å². The van der Waals surface area contributed by atoms with E-state index in [-0.39, 0.29) is 16.2 Å². The van der Waals surface area contributed by atoms with Gasteiger partial charge >= 0.3 is 10.1 Å². The highest BCUT2D eigenvalue weighted by molar-refractivity contribution is 7.87. The van der Waals surface area contributed by atoms with E-state index in [4.69, 9.17) is 15.2 Å². The lowest BCUT2D eigenvalue weighted by atomic mass is 10.1. The van der Waals surface area contributed by atoms with Gasteiger partial charge in [-0.3, -0.25) is 4.79 Å². The molecule has 0 atom stereocenters. The highest BCUT2D eigenvalue weighted by atomic mass is 32.2. The molecule has 0 saturated carbocycles. The van der Waals surface area contributed by atoms with Crippen LogP contribution >= 0.6 is 0 Å². The van der Waals surface area contributed by atoms with E-state index in [0.717, 1.165) is 5.56 Å². The topological polar surface area (TPSA) is 110 Å². The Morgan fingerprint density at radius 2 is 1.88 bits per heavy atom. The van der Waals surface area contributed by atoms with Gasteiger partial charge in [-0.25, -0.2) is 0 Å². The van der Waals surface area contributed by atoms with E-state index in [9.17, 15) is 13.2 Å². The van der Waals surface area contributed by atoms with Crippen LogP contribution in [0.4, 0.5) is 0 Å². The Morgan fingerprint density at radius 3 is 2.46 bits per heavy atom. The lowest BCUT2D eigenvalue weighted by Crippen LogP contribution is -2.12. The van der Waals surface area contributed by atoms with Crippen molar-refractivity contribution in [3.63, 3.8) is 0 Å². The maximum absolute atomic E-state index is 12.2. The van der Waals surface area contributed by atoms with Crippen LogP contribution < -0.4 is 9.92 Å². The van der Waals surface area contributed by atoms with Crippen molar-refractivity contribution in [2.75, 3.05) is 0 Å². The molecule has 2 rings (SSSR count). The van der Waals surface area contributed by atoms with Crippen LogP contribution in [0.5, 0.6) is 5.75 Å². The Kier molecular flexibility index (Phi) is 5.02. The summed E-state index contributed by atoms with van der Waals surface area (Å²) in [7, 11) is -3.97. The quantitative estimate of drug-likeness (QED) is 0.508. The van der Waals surface area contributed by atoms with Crippen LogP contribution in [0.1, 0.15) is 11.1 Å². The van der Waals surface area contributed by atoms with Crippen LogP contribution in [-0.2, 0) is 14.9 Å². The van der Waals surface area contributed by atoms with Crippen molar-refractivity contribution in [3.8, 4) is 11.8 Å². The van der Waals surface area contributed by atoms with Crippen LogP contribution in [0, 0.1) is 18.3 Å². The smallest absolute Gasteiger partial charge is 0.339 e. The van der Waals surface area contributed by atoms with E-state index in [0.29, 0.717) is 5.56 Å². The molecule has 0 aliphatic carbocycles. The number of rotatable bonds is 5. The number of hydrogen-bond donors (Lipinski definition) is 1. The van der Waals surface area contributed by atoms with Crippen molar-refractivity contribution in [1.29, 1.82) is 5.26 Å². The zero-order chi connectivity index (χ0) is 17.7. The van der Waals surface area contributed by atoms with Gasteiger partial charge in [0.05, 0.1) is 0 Å². The minimum absolute atomic E-state index is 0.0314. The summed E-state index contributed by atoms with van der Waals surface area (Å²) in [5.74, 6) is -0.804. The molecule has 7 heteroatoms. The number of aryl methyl sites for hydroxylation is 1. The molecule has 6 nitrogen and oxygen atoms in total. The van der Waals surface area contributed by atoms with Crippen molar-refractivity contribution < 1.29 is 17.4 Å². The molecule has 0 aliphatic rings. The molecule has 0 fully saturated rings. The van der Waals surface area contributed by atoms with Crippen molar-refractivity contribution in [2.45, 2.75) is 11.8 Å². The largest absolute Gasteiger partial charge is 0.379 e. The van der Waals surface area contributed by atoms with Gasteiger partial charge in [0.1, 0.15) is 22.3 Å². The molecule has 2 N–H and O–H groups in total. The standard InChI is InChI=1S/C17H14N2O4S/c1-12-5-7-16(8-6-12)24(21,22)23-15-4-2-3-13(10-15)9-14(11-18)17(19)20/h2-10H,1H3,(H2,19,20)/b14-9+. The number of amides is 1. The van der Waals surface area contributed by atoms with Gasteiger partial charge in [-0.15, -0.1) is 0 Å².